The number of hydrogen-bond acceptors (Lipinski definition) is 3. The molecule has 0 bridgehead atoms. The first-order chi connectivity index (χ1) is 10.7. The van der Waals surface area contributed by atoms with Gasteiger partial charge in [0, 0.05) is 0 Å². The molecule has 0 atom stereocenters. The minimum Gasteiger partial charge on any atom is -0.490 e. The number of carboxylic acids is 1. The maximum atomic E-state index is 10.7. The molecule has 0 aliphatic heterocycles. The number of aromatic carboxylic acids is 1. The Kier molecular flexibility index (Phi) is 4.28. The third kappa shape index (κ3) is 3.39. The Hall–Kier alpha value is -2.49. The Morgan fingerprint density at radius 2 is 1.55 bits per heavy atom. The zero-order valence-electron chi connectivity index (χ0n) is 12.2. The van der Waals surface area contributed by atoms with E-state index in [1.54, 1.807) is 12.1 Å². The van der Waals surface area contributed by atoms with E-state index in [1.807, 2.05) is 6.07 Å². The fourth-order valence-corrected chi connectivity index (χ4v) is 2.65. The topological polar surface area (TPSA) is 55.8 Å². The third-order valence-electron chi connectivity index (χ3n) is 3.79. The van der Waals surface area contributed by atoms with Gasteiger partial charge in [-0.25, -0.2) is 4.79 Å². The van der Waals surface area contributed by atoms with Crippen LogP contribution in [0.2, 0.25) is 0 Å². The number of rotatable bonds is 6. The average Bonchev–Trinajstić information content (AvgIpc) is 2.99. The normalized spacial score (nSPS) is 12.7. The van der Waals surface area contributed by atoms with Gasteiger partial charge < -0.3 is 14.6 Å². The first-order valence-corrected chi connectivity index (χ1v) is 7.43. The molecule has 2 aromatic carbocycles. The second kappa shape index (κ2) is 6.52. The third-order valence-corrected chi connectivity index (χ3v) is 3.79. The molecule has 2 aromatic rings. The summed E-state index contributed by atoms with van der Waals surface area (Å²) >= 11 is 0. The van der Waals surface area contributed by atoms with E-state index in [-0.39, 0.29) is 5.56 Å². The van der Waals surface area contributed by atoms with Crippen LogP contribution in [0.4, 0.5) is 0 Å². The highest BCUT2D eigenvalue weighted by Crippen LogP contribution is 2.25. The van der Waals surface area contributed by atoms with Gasteiger partial charge in [0.1, 0.15) is 24.7 Å². The highest BCUT2D eigenvalue weighted by Gasteiger charge is 2.11. The Morgan fingerprint density at radius 3 is 2.27 bits per heavy atom. The van der Waals surface area contributed by atoms with Crippen molar-refractivity contribution in [1.29, 1.82) is 0 Å². The lowest BCUT2D eigenvalue weighted by Gasteiger charge is -2.09. The molecule has 0 spiro atoms. The molecule has 0 unspecified atom stereocenters. The second-order valence-electron chi connectivity index (χ2n) is 5.31. The van der Waals surface area contributed by atoms with Crippen molar-refractivity contribution >= 4 is 5.97 Å². The Bertz CT molecular complexity index is 661. The zero-order chi connectivity index (χ0) is 15.4. The van der Waals surface area contributed by atoms with E-state index in [1.165, 1.54) is 36.1 Å². The van der Waals surface area contributed by atoms with Crippen LogP contribution in [-0.2, 0) is 12.8 Å². The van der Waals surface area contributed by atoms with Gasteiger partial charge in [0.25, 0.3) is 0 Å². The Morgan fingerprint density at radius 1 is 0.909 bits per heavy atom. The number of benzene rings is 2. The van der Waals surface area contributed by atoms with Crippen LogP contribution in [0.1, 0.15) is 27.9 Å². The van der Waals surface area contributed by atoms with Crippen LogP contribution in [0.5, 0.6) is 11.5 Å². The van der Waals surface area contributed by atoms with E-state index in [0.717, 1.165) is 12.2 Å². The predicted molar refractivity (Wildman–Crippen MR) is 82.9 cm³/mol. The smallest absolute Gasteiger partial charge is 0.335 e. The van der Waals surface area contributed by atoms with Crippen LogP contribution in [0, 0.1) is 0 Å². The molecule has 0 saturated carbocycles. The molecule has 1 aliphatic rings. The van der Waals surface area contributed by atoms with Crippen molar-refractivity contribution < 1.29 is 19.4 Å². The van der Waals surface area contributed by atoms with Gasteiger partial charge in [0.2, 0.25) is 0 Å². The highest BCUT2D eigenvalue weighted by atomic mass is 16.5. The van der Waals surface area contributed by atoms with E-state index in [4.69, 9.17) is 14.6 Å². The number of carbonyl (C=O) groups is 1. The predicted octanol–water partition coefficient (Wildman–Crippen LogP) is 3.33. The molecule has 1 N–H and O–H groups in total. The van der Waals surface area contributed by atoms with Crippen LogP contribution in [0.25, 0.3) is 0 Å². The summed E-state index contributed by atoms with van der Waals surface area (Å²) in [6.45, 7) is 0.878. The number of hydrogen-bond donors (Lipinski definition) is 1. The summed E-state index contributed by atoms with van der Waals surface area (Å²) < 4.78 is 11.2. The molecule has 4 nitrogen and oxygen atoms in total. The van der Waals surface area contributed by atoms with Crippen LogP contribution < -0.4 is 9.47 Å². The molecule has 0 aromatic heterocycles. The van der Waals surface area contributed by atoms with Gasteiger partial charge in [-0.2, -0.15) is 0 Å². The summed E-state index contributed by atoms with van der Waals surface area (Å²) in [5.41, 5.74) is 3.08. The molecule has 22 heavy (non-hydrogen) atoms. The van der Waals surface area contributed by atoms with Gasteiger partial charge in [0.05, 0.1) is 5.56 Å². The van der Waals surface area contributed by atoms with Gasteiger partial charge in [-0.05, 0) is 66.8 Å². The van der Waals surface area contributed by atoms with Crippen molar-refractivity contribution in [3.8, 4) is 11.5 Å². The van der Waals surface area contributed by atoms with E-state index >= 15 is 0 Å². The van der Waals surface area contributed by atoms with Crippen molar-refractivity contribution in [3.05, 3.63) is 59.2 Å². The van der Waals surface area contributed by atoms with Gasteiger partial charge in [-0.15, -0.1) is 0 Å². The van der Waals surface area contributed by atoms with E-state index < -0.39 is 5.97 Å². The molecule has 0 fully saturated rings. The van der Waals surface area contributed by atoms with Crippen molar-refractivity contribution in [1.82, 2.24) is 0 Å². The number of fused-ring (bicyclic) bond motifs is 1. The van der Waals surface area contributed by atoms with Crippen LogP contribution in [0.15, 0.2) is 42.5 Å². The fraction of sp³-hybridized carbons (Fsp3) is 0.278. The molecule has 114 valence electrons. The van der Waals surface area contributed by atoms with Gasteiger partial charge in [-0.3, -0.25) is 0 Å². The summed E-state index contributed by atoms with van der Waals surface area (Å²) in [6, 6.07) is 12.6. The van der Waals surface area contributed by atoms with Crippen LogP contribution in [0.3, 0.4) is 0 Å². The number of ether oxygens (including phenoxy) is 2. The molecular weight excluding hydrogens is 280 g/mol. The first-order valence-electron chi connectivity index (χ1n) is 7.43. The van der Waals surface area contributed by atoms with Crippen molar-refractivity contribution in [3.63, 3.8) is 0 Å². The summed E-state index contributed by atoms with van der Waals surface area (Å²) in [6.07, 6.45) is 3.54. The molecule has 0 amide bonds. The number of aryl methyl sites for hydroxylation is 2. The minimum absolute atomic E-state index is 0.252. The quantitative estimate of drug-likeness (QED) is 0.831. The molecule has 4 heteroatoms. The molecule has 0 radical (unpaired) electrons. The number of carboxylic acid groups (broad SMARTS) is 1. The van der Waals surface area contributed by atoms with E-state index in [9.17, 15) is 4.79 Å². The zero-order valence-corrected chi connectivity index (χ0v) is 12.2. The molecular formula is C18H18O4. The second-order valence-corrected chi connectivity index (χ2v) is 5.31. The minimum atomic E-state index is -0.938. The van der Waals surface area contributed by atoms with Crippen LogP contribution >= 0.6 is 0 Å². The van der Waals surface area contributed by atoms with E-state index in [2.05, 4.69) is 12.1 Å². The molecule has 0 heterocycles. The average molecular weight is 298 g/mol. The summed E-state index contributed by atoms with van der Waals surface area (Å²) in [5.74, 6) is 0.583. The SMILES string of the molecule is O=C(O)c1ccc(OCCOc2ccc3c(c2)CCC3)cc1. The maximum absolute atomic E-state index is 10.7. The van der Waals surface area contributed by atoms with Gasteiger partial charge >= 0.3 is 5.97 Å². The monoisotopic (exact) mass is 298 g/mol. The van der Waals surface area contributed by atoms with Crippen molar-refractivity contribution in [2.75, 3.05) is 13.2 Å². The lowest BCUT2D eigenvalue weighted by molar-refractivity contribution is 0.0697. The lowest BCUT2D eigenvalue weighted by Crippen LogP contribution is -2.09. The Balaban J connectivity index is 1.46. The first kappa shape index (κ1) is 14.4. The largest absolute Gasteiger partial charge is 0.490 e. The van der Waals surface area contributed by atoms with Crippen molar-refractivity contribution in [2.45, 2.75) is 19.3 Å². The standard InChI is InChI=1S/C18H18O4/c19-18(20)14-5-7-16(8-6-14)21-10-11-22-17-9-4-13-2-1-3-15(13)12-17/h4-9,12H,1-3,10-11H2,(H,19,20). The van der Waals surface area contributed by atoms with Crippen LogP contribution in [-0.4, -0.2) is 24.3 Å². The molecule has 0 saturated heterocycles. The maximum Gasteiger partial charge on any atom is 0.335 e. The highest BCUT2D eigenvalue weighted by molar-refractivity contribution is 5.87. The summed E-state index contributed by atoms with van der Waals surface area (Å²) in [7, 11) is 0. The fourth-order valence-electron chi connectivity index (χ4n) is 2.65. The van der Waals surface area contributed by atoms with E-state index in [0.29, 0.717) is 19.0 Å². The van der Waals surface area contributed by atoms with Crippen molar-refractivity contribution in [2.24, 2.45) is 0 Å². The summed E-state index contributed by atoms with van der Waals surface area (Å²) in [4.78, 5) is 10.7. The summed E-state index contributed by atoms with van der Waals surface area (Å²) in [5, 5.41) is 8.82. The lowest BCUT2D eigenvalue weighted by atomic mass is 10.1. The van der Waals surface area contributed by atoms with Gasteiger partial charge in [0.15, 0.2) is 0 Å². The molecule has 1 aliphatic carbocycles. The van der Waals surface area contributed by atoms with Gasteiger partial charge in [-0.1, -0.05) is 6.07 Å². The molecule has 3 rings (SSSR count). The Labute approximate surface area is 129 Å².